The van der Waals surface area contributed by atoms with Crippen molar-refractivity contribution in [3.63, 3.8) is 0 Å². The highest BCUT2D eigenvalue weighted by Crippen LogP contribution is 2.20. The van der Waals surface area contributed by atoms with E-state index in [1.807, 2.05) is 13.8 Å². The van der Waals surface area contributed by atoms with E-state index in [1.54, 1.807) is 0 Å². The fourth-order valence-corrected chi connectivity index (χ4v) is 1.36. The Hall–Kier alpha value is -0.313. The molecule has 0 bridgehead atoms. The number of carbonyl (C=O) groups excluding carboxylic acids is 1. The average molecular weight is 174 g/mol. The largest absolute Gasteiger partial charge is 0.524 e. The van der Waals surface area contributed by atoms with Gasteiger partial charge in [-0.15, -0.1) is 0 Å². The zero-order valence-corrected chi connectivity index (χ0v) is 9.52. The van der Waals surface area contributed by atoms with E-state index in [4.69, 9.17) is 4.43 Å². The Morgan fingerprint density at radius 3 is 2.09 bits per heavy atom. The van der Waals surface area contributed by atoms with Crippen molar-refractivity contribution in [2.45, 2.75) is 39.7 Å². The molecule has 0 saturated carbocycles. The Balaban J connectivity index is 3.64. The molecule has 0 aliphatic heterocycles. The average Bonchev–Trinajstić information content (AvgIpc) is 1.80. The summed E-state index contributed by atoms with van der Waals surface area (Å²) in [4.78, 5) is 11.0. The first-order chi connectivity index (χ1) is 4.83. The Labute approximate surface area is 71.3 Å². The lowest BCUT2D eigenvalue weighted by Crippen LogP contribution is -2.20. The van der Waals surface area contributed by atoms with Gasteiger partial charge in [0.25, 0.3) is 5.97 Å². The minimum Gasteiger partial charge on any atom is -0.524 e. The summed E-state index contributed by atoms with van der Waals surface area (Å²) in [6.45, 7) is 10.0. The van der Waals surface area contributed by atoms with Crippen LogP contribution in [-0.2, 0) is 9.22 Å². The Bertz CT molecular complexity index is 136. The highest BCUT2D eigenvalue weighted by molar-refractivity contribution is 6.34. The van der Waals surface area contributed by atoms with Crippen molar-refractivity contribution in [2.75, 3.05) is 0 Å². The molecule has 3 heteroatoms. The second-order valence-corrected chi connectivity index (χ2v) is 7.02. The van der Waals surface area contributed by atoms with Crippen LogP contribution in [0.1, 0.15) is 34.6 Å². The lowest BCUT2D eigenvalue weighted by Gasteiger charge is -2.17. The summed E-state index contributed by atoms with van der Waals surface area (Å²) in [5, 5.41) is 0.213. The standard InChI is InChI=1S/C8H18O2Si/c1-6(2)7(9)10-11-8(3,4)5/h6H,11H2,1-5H3. The van der Waals surface area contributed by atoms with Gasteiger partial charge in [0.15, 0.2) is 0 Å². The van der Waals surface area contributed by atoms with Crippen LogP contribution in [0.25, 0.3) is 0 Å². The van der Waals surface area contributed by atoms with Crippen molar-refractivity contribution in [3.05, 3.63) is 0 Å². The molecule has 0 saturated heterocycles. The van der Waals surface area contributed by atoms with Gasteiger partial charge in [0.05, 0.1) is 0 Å². The zero-order chi connectivity index (χ0) is 9.07. The van der Waals surface area contributed by atoms with Gasteiger partial charge in [-0.05, 0) is 5.04 Å². The maximum atomic E-state index is 11.0. The van der Waals surface area contributed by atoms with Gasteiger partial charge in [-0.1, -0.05) is 34.6 Å². The van der Waals surface area contributed by atoms with E-state index in [0.29, 0.717) is 0 Å². The molecule has 0 N–H and O–H groups in total. The summed E-state index contributed by atoms with van der Waals surface area (Å²) in [7, 11) is -0.690. The highest BCUT2D eigenvalue weighted by atomic mass is 28.2. The van der Waals surface area contributed by atoms with Crippen LogP contribution in [0.2, 0.25) is 5.04 Å². The molecule has 0 aromatic rings. The normalized spacial score (nSPS) is 12.9. The molecule has 0 aromatic heterocycles. The fraction of sp³-hybridized carbons (Fsp3) is 0.875. The van der Waals surface area contributed by atoms with Crippen LogP contribution in [0, 0.1) is 5.92 Å². The summed E-state index contributed by atoms with van der Waals surface area (Å²) in [5.41, 5.74) is 0. The van der Waals surface area contributed by atoms with E-state index >= 15 is 0 Å². The van der Waals surface area contributed by atoms with E-state index in [-0.39, 0.29) is 16.9 Å². The molecule has 0 aliphatic carbocycles. The van der Waals surface area contributed by atoms with Crippen molar-refractivity contribution >= 4 is 15.7 Å². The summed E-state index contributed by atoms with van der Waals surface area (Å²) in [6.07, 6.45) is 0. The second-order valence-electron chi connectivity index (χ2n) is 4.32. The Kier molecular flexibility index (Phi) is 3.79. The lowest BCUT2D eigenvalue weighted by atomic mass is 10.2. The van der Waals surface area contributed by atoms with E-state index < -0.39 is 9.76 Å². The van der Waals surface area contributed by atoms with E-state index in [9.17, 15) is 4.79 Å². The second kappa shape index (κ2) is 3.90. The van der Waals surface area contributed by atoms with Crippen molar-refractivity contribution < 1.29 is 9.22 Å². The minimum absolute atomic E-state index is 0.0184. The van der Waals surface area contributed by atoms with Gasteiger partial charge in [-0.2, -0.15) is 0 Å². The third-order valence-electron chi connectivity index (χ3n) is 1.12. The van der Waals surface area contributed by atoms with Crippen molar-refractivity contribution in [1.29, 1.82) is 0 Å². The summed E-state index contributed by atoms with van der Waals surface area (Å²) in [5.74, 6) is -0.0311. The fourth-order valence-electron chi connectivity index (χ4n) is 0.454. The minimum atomic E-state index is -0.690. The zero-order valence-electron chi connectivity index (χ0n) is 8.10. The molecule has 0 fully saturated rings. The van der Waals surface area contributed by atoms with Crippen LogP contribution >= 0.6 is 0 Å². The molecule has 0 unspecified atom stereocenters. The third-order valence-corrected chi connectivity index (χ3v) is 2.41. The maximum absolute atomic E-state index is 11.0. The SMILES string of the molecule is CC(C)C(=O)O[SiH2]C(C)(C)C. The van der Waals surface area contributed by atoms with Gasteiger partial charge in [-0.3, -0.25) is 4.79 Å². The summed E-state index contributed by atoms with van der Waals surface area (Å²) in [6, 6.07) is 0. The van der Waals surface area contributed by atoms with Crippen LogP contribution in [0.15, 0.2) is 0 Å². The first-order valence-electron chi connectivity index (χ1n) is 3.99. The number of hydrogen-bond donors (Lipinski definition) is 0. The molecule has 66 valence electrons. The van der Waals surface area contributed by atoms with Crippen LogP contribution in [0.3, 0.4) is 0 Å². The first-order valence-corrected chi connectivity index (χ1v) is 5.28. The molecule has 0 rings (SSSR count). The molecule has 0 aromatic carbocycles. The topological polar surface area (TPSA) is 26.3 Å². The maximum Gasteiger partial charge on any atom is 0.294 e. The monoisotopic (exact) mass is 174 g/mol. The van der Waals surface area contributed by atoms with Gasteiger partial charge < -0.3 is 4.43 Å². The van der Waals surface area contributed by atoms with E-state index in [2.05, 4.69) is 20.8 Å². The van der Waals surface area contributed by atoms with E-state index in [1.165, 1.54) is 0 Å². The Morgan fingerprint density at radius 1 is 1.36 bits per heavy atom. The molecule has 0 radical (unpaired) electrons. The molecule has 0 spiro atoms. The predicted octanol–water partition coefficient (Wildman–Crippen LogP) is 1.49. The Morgan fingerprint density at radius 2 is 1.82 bits per heavy atom. The quantitative estimate of drug-likeness (QED) is 0.593. The molecule has 0 aliphatic rings. The molecular formula is C8H18O2Si. The number of carbonyl (C=O) groups is 1. The van der Waals surface area contributed by atoms with Gasteiger partial charge >= 0.3 is 0 Å². The summed E-state index contributed by atoms with van der Waals surface area (Å²) >= 11 is 0. The van der Waals surface area contributed by atoms with Crippen molar-refractivity contribution in [2.24, 2.45) is 5.92 Å². The molecule has 0 atom stereocenters. The van der Waals surface area contributed by atoms with E-state index in [0.717, 1.165) is 0 Å². The van der Waals surface area contributed by atoms with Gasteiger partial charge in [0.2, 0.25) is 9.76 Å². The lowest BCUT2D eigenvalue weighted by molar-refractivity contribution is -0.137. The molecule has 2 nitrogen and oxygen atoms in total. The van der Waals surface area contributed by atoms with Gasteiger partial charge in [-0.25, -0.2) is 0 Å². The predicted molar refractivity (Wildman–Crippen MR) is 49.2 cm³/mol. The highest BCUT2D eigenvalue weighted by Gasteiger charge is 2.16. The van der Waals surface area contributed by atoms with Crippen molar-refractivity contribution in [3.8, 4) is 0 Å². The molecule has 11 heavy (non-hydrogen) atoms. The van der Waals surface area contributed by atoms with Crippen LogP contribution in [-0.4, -0.2) is 15.7 Å². The molecule has 0 amide bonds. The number of hydrogen-bond acceptors (Lipinski definition) is 2. The molecule has 0 heterocycles. The summed E-state index contributed by atoms with van der Waals surface area (Å²) < 4.78 is 5.17. The van der Waals surface area contributed by atoms with Crippen molar-refractivity contribution in [1.82, 2.24) is 0 Å². The number of rotatable bonds is 2. The van der Waals surface area contributed by atoms with Crippen LogP contribution in [0.5, 0.6) is 0 Å². The van der Waals surface area contributed by atoms with Gasteiger partial charge in [0, 0.05) is 5.92 Å². The third kappa shape index (κ3) is 6.10. The first kappa shape index (κ1) is 10.7. The van der Waals surface area contributed by atoms with Crippen LogP contribution in [0.4, 0.5) is 0 Å². The van der Waals surface area contributed by atoms with Crippen LogP contribution < -0.4 is 0 Å². The van der Waals surface area contributed by atoms with Gasteiger partial charge in [0.1, 0.15) is 0 Å². The smallest absolute Gasteiger partial charge is 0.294 e. The molecular weight excluding hydrogens is 156 g/mol.